The van der Waals surface area contributed by atoms with Gasteiger partial charge in [-0.2, -0.15) is 0 Å². The maximum absolute atomic E-state index is 12.3. The van der Waals surface area contributed by atoms with Crippen LogP contribution in [-0.4, -0.2) is 41.2 Å². The van der Waals surface area contributed by atoms with Crippen LogP contribution in [0, 0.1) is 11.8 Å². The Labute approximate surface area is 136 Å². The number of likely N-dealkylation sites (tertiary alicyclic amines) is 1. The van der Waals surface area contributed by atoms with Gasteiger partial charge < -0.3 is 14.2 Å². The molecular formula is C18H25N3O2. The number of methoxy groups -OCH3 is 1. The predicted octanol–water partition coefficient (Wildman–Crippen LogP) is 2.38. The van der Waals surface area contributed by atoms with E-state index in [1.165, 1.54) is 6.42 Å². The smallest absolute Gasteiger partial charge is 0.251 e. The molecule has 0 unspecified atom stereocenters. The molecule has 1 saturated heterocycles. The maximum atomic E-state index is 12.3. The highest BCUT2D eigenvalue weighted by molar-refractivity contribution is 5.75. The van der Waals surface area contributed by atoms with Crippen molar-refractivity contribution in [2.75, 3.05) is 26.7 Å². The molecule has 1 fully saturated rings. The first kappa shape index (κ1) is 16.0. The topological polar surface area (TPSA) is 47.4 Å². The minimum absolute atomic E-state index is 0.0194. The second-order valence-corrected chi connectivity index (χ2v) is 6.65. The molecule has 2 atom stereocenters. The van der Waals surface area contributed by atoms with Gasteiger partial charge in [-0.05, 0) is 30.9 Å². The number of piperidine rings is 1. The Balaban J connectivity index is 1.82. The number of rotatable bonds is 4. The zero-order valence-electron chi connectivity index (χ0n) is 14.2. The van der Waals surface area contributed by atoms with Crippen LogP contribution < -0.4 is 10.3 Å². The van der Waals surface area contributed by atoms with Crippen molar-refractivity contribution in [2.45, 2.75) is 26.8 Å². The zero-order valence-corrected chi connectivity index (χ0v) is 14.2. The number of nitrogens with zero attached hydrogens (tertiary/aromatic N) is 3. The molecule has 5 nitrogen and oxygen atoms in total. The van der Waals surface area contributed by atoms with Gasteiger partial charge in [-0.1, -0.05) is 13.8 Å². The molecule has 5 heteroatoms. The average molecular weight is 315 g/mol. The molecule has 2 aromatic rings. The van der Waals surface area contributed by atoms with Crippen molar-refractivity contribution >= 4 is 11.0 Å². The minimum Gasteiger partial charge on any atom is -0.495 e. The van der Waals surface area contributed by atoms with E-state index < -0.39 is 0 Å². The van der Waals surface area contributed by atoms with Gasteiger partial charge in [-0.15, -0.1) is 0 Å². The first-order valence-corrected chi connectivity index (χ1v) is 8.34. The summed E-state index contributed by atoms with van der Waals surface area (Å²) < 4.78 is 7.06. The highest BCUT2D eigenvalue weighted by atomic mass is 16.5. The second kappa shape index (κ2) is 6.71. The standard InChI is InChI=1S/C18H25N3O2/c1-13-6-7-20(12-14(13)2)8-9-21-17-10-15(23-3)11-19-16(17)4-5-18(21)22/h4-5,10-11,13-14H,6-9,12H2,1-3H3/t13-,14+/m1/s1. The fourth-order valence-electron chi connectivity index (χ4n) is 3.28. The quantitative estimate of drug-likeness (QED) is 0.869. The van der Waals surface area contributed by atoms with E-state index in [0.29, 0.717) is 12.3 Å². The predicted molar refractivity (Wildman–Crippen MR) is 91.9 cm³/mol. The van der Waals surface area contributed by atoms with Crippen LogP contribution in [0.1, 0.15) is 20.3 Å². The molecule has 0 aromatic carbocycles. The number of fused-ring (bicyclic) bond motifs is 1. The molecule has 2 aromatic heterocycles. The Hall–Kier alpha value is -1.88. The molecule has 0 spiro atoms. The molecule has 0 N–H and O–H groups in total. The van der Waals surface area contributed by atoms with E-state index in [2.05, 4.69) is 23.7 Å². The summed E-state index contributed by atoms with van der Waals surface area (Å²) >= 11 is 0. The van der Waals surface area contributed by atoms with Gasteiger partial charge >= 0.3 is 0 Å². The summed E-state index contributed by atoms with van der Waals surface area (Å²) in [5.41, 5.74) is 1.69. The van der Waals surface area contributed by atoms with Crippen LogP contribution in [0.5, 0.6) is 5.75 Å². The largest absolute Gasteiger partial charge is 0.495 e. The Morgan fingerprint density at radius 3 is 2.83 bits per heavy atom. The molecule has 0 bridgehead atoms. The van der Waals surface area contributed by atoms with E-state index in [0.717, 1.165) is 42.5 Å². The maximum Gasteiger partial charge on any atom is 0.251 e. The van der Waals surface area contributed by atoms with Gasteiger partial charge in [0.2, 0.25) is 0 Å². The second-order valence-electron chi connectivity index (χ2n) is 6.65. The summed E-state index contributed by atoms with van der Waals surface area (Å²) in [6, 6.07) is 5.27. The first-order chi connectivity index (χ1) is 11.1. The van der Waals surface area contributed by atoms with Crippen molar-refractivity contribution in [1.82, 2.24) is 14.5 Å². The van der Waals surface area contributed by atoms with Crippen molar-refractivity contribution in [3.8, 4) is 5.75 Å². The Bertz CT molecular complexity index is 741. The molecule has 0 radical (unpaired) electrons. The SMILES string of the molecule is COc1cnc2ccc(=O)n(CCN3CC[C@@H](C)[C@@H](C)C3)c2c1. The lowest BCUT2D eigenvalue weighted by atomic mass is 9.89. The summed E-state index contributed by atoms with van der Waals surface area (Å²) in [5.74, 6) is 2.19. The van der Waals surface area contributed by atoms with Crippen LogP contribution >= 0.6 is 0 Å². The molecule has 0 saturated carbocycles. The third-order valence-corrected chi connectivity index (χ3v) is 5.11. The van der Waals surface area contributed by atoms with Gasteiger partial charge in [-0.3, -0.25) is 9.78 Å². The van der Waals surface area contributed by atoms with Crippen LogP contribution in [0.4, 0.5) is 0 Å². The molecule has 124 valence electrons. The molecule has 1 aliphatic rings. The molecule has 0 aliphatic carbocycles. The molecule has 3 rings (SSSR count). The number of hydrogen-bond acceptors (Lipinski definition) is 4. The Morgan fingerprint density at radius 1 is 1.26 bits per heavy atom. The molecule has 1 aliphatic heterocycles. The highest BCUT2D eigenvalue weighted by Crippen LogP contribution is 2.22. The van der Waals surface area contributed by atoms with Gasteiger partial charge in [-0.25, -0.2) is 0 Å². The van der Waals surface area contributed by atoms with Gasteiger partial charge in [0.05, 0.1) is 24.3 Å². The summed E-state index contributed by atoms with van der Waals surface area (Å²) in [5, 5.41) is 0. The zero-order chi connectivity index (χ0) is 16.4. The minimum atomic E-state index is 0.0194. The monoisotopic (exact) mass is 315 g/mol. The van der Waals surface area contributed by atoms with Gasteiger partial charge in [0.1, 0.15) is 5.75 Å². The fourth-order valence-corrected chi connectivity index (χ4v) is 3.28. The number of pyridine rings is 2. The van der Waals surface area contributed by atoms with Crippen LogP contribution in [-0.2, 0) is 6.54 Å². The van der Waals surface area contributed by atoms with E-state index in [1.54, 1.807) is 25.4 Å². The van der Waals surface area contributed by atoms with Gasteiger partial charge in [0, 0.05) is 31.8 Å². The summed E-state index contributed by atoms with van der Waals surface area (Å²) in [6.45, 7) is 8.46. The van der Waals surface area contributed by atoms with Crippen LogP contribution in [0.25, 0.3) is 11.0 Å². The summed E-state index contributed by atoms with van der Waals surface area (Å²) in [7, 11) is 1.62. The number of aromatic nitrogens is 2. The van der Waals surface area contributed by atoms with Crippen molar-refractivity contribution in [1.29, 1.82) is 0 Å². The molecule has 3 heterocycles. The summed E-state index contributed by atoms with van der Waals surface area (Å²) in [4.78, 5) is 19.1. The third kappa shape index (κ3) is 3.39. The van der Waals surface area contributed by atoms with Crippen molar-refractivity contribution in [2.24, 2.45) is 11.8 Å². The first-order valence-electron chi connectivity index (χ1n) is 8.34. The Kier molecular flexibility index (Phi) is 4.66. The van der Waals surface area contributed by atoms with Crippen molar-refractivity contribution in [3.63, 3.8) is 0 Å². The lowest BCUT2D eigenvalue weighted by Gasteiger charge is -2.35. The van der Waals surface area contributed by atoms with E-state index in [1.807, 2.05) is 10.6 Å². The van der Waals surface area contributed by atoms with Gasteiger partial charge in [0.25, 0.3) is 5.56 Å². The lowest BCUT2D eigenvalue weighted by molar-refractivity contribution is 0.134. The van der Waals surface area contributed by atoms with E-state index in [9.17, 15) is 4.79 Å². The van der Waals surface area contributed by atoms with Crippen LogP contribution in [0.3, 0.4) is 0 Å². The average Bonchev–Trinajstić information content (AvgIpc) is 2.56. The lowest BCUT2D eigenvalue weighted by Crippen LogP contribution is -2.40. The molecule has 23 heavy (non-hydrogen) atoms. The van der Waals surface area contributed by atoms with Gasteiger partial charge in [0.15, 0.2) is 0 Å². The normalized spacial score (nSPS) is 22.4. The van der Waals surface area contributed by atoms with Crippen LogP contribution in [0.2, 0.25) is 0 Å². The Morgan fingerprint density at radius 2 is 2.09 bits per heavy atom. The number of hydrogen-bond donors (Lipinski definition) is 0. The van der Waals surface area contributed by atoms with Crippen LogP contribution in [0.15, 0.2) is 29.2 Å². The van der Waals surface area contributed by atoms with E-state index >= 15 is 0 Å². The highest BCUT2D eigenvalue weighted by Gasteiger charge is 2.22. The fraction of sp³-hybridized carbons (Fsp3) is 0.556. The third-order valence-electron chi connectivity index (χ3n) is 5.11. The van der Waals surface area contributed by atoms with E-state index in [-0.39, 0.29) is 5.56 Å². The summed E-state index contributed by atoms with van der Waals surface area (Å²) in [6.07, 6.45) is 2.92. The van der Waals surface area contributed by atoms with Crippen molar-refractivity contribution in [3.05, 3.63) is 34.7 Å². The van der Waals surface area contributed by atoms with E-state index in [4.69, 9.17) is 4.74 Å². The molecule has 0 amide bonds. The van der Waals surface area contributed by atoms with Crippen molar-refractivity contribution < 1.29 is 4.74 Å². The number of ether oxygens (including phenoxy) is 1. The molecular weight excluding hydrogens is 290 g/mol.